The fourth-order valence-corrected chi connectivity index (χ4v) is 2.38. The first-order valence-electron chi connectivity index (χ1n) is 6.02. The summed E-state index contributed by atoms with van der Waals surface area (Å²) in [4.78, 5) is 4.03. The minimum absolute atomic E-state index is 0.164. The van der Waals surface area contributed by atoms with Gasteiger partial charge in [-0.3, -0.25) is 9.67 Å². The van der Waals surface area contributed by atoms with Crippen molar-refractivity contribution in [2.24, 2.45) is 7.05 Å². The number of halogens is 1. The maximum absolute atomic E-state index is 6.21. The first kappa shape index (κ1) is 13.1. The molecule has 1 atom stereocenters. The second-order valence-corrected chi connectivity index (χ2v) is 4.58. The van der Waals surface area contributed by atoms with Gasteiger partial charge < -0.3 is 5.32 Å². The molecule has 2 heterocycles. The summed E-state index contributed by atoms with van der Waals surface area (Å²) in [6, 6.07) is 4.21. The molecule has 0 aliphatic heterocycles. The van der Waals surface area contributed by atoms with E-state index in [0.717, 1.165) is 18.7 Å². The molecule has 1 unspecified atom stereocenters. The molecule has 0 radical (unpaired) electrons. The Balaban J connectivity index is 2.24. The molecule has 4 nitrogen and oxygen atoms in total. The molecular formula is C13H17ClN4. The number of likely N-dealkylation sites (N-methyl/N-ethyl adjacent to an activating group) is 1. The van der Waals surface area contributed by atoms with E-state index in [1.165, 1.54) is 5.56 Å². The number of pyridine rings is 1. The van der Waals surface area contributed by atoms with E-state index >= 15 is 0 Å². The van der Waals surface area contributed by atoms with Crippen molar-refractivity contribution >= 4 is 11.6 Å². The Hall–Kier alpha value is -1.39. The maximum Gasteiger partial charge on any atom is 0.0834 e. The molecule has 0 saturated carbocycles. The highest BCUT2D eigenvalue weighted by molar-refractivity contribution is 6.31. The highest BCUT2D eigenvalue weighted by Gasteiger charge is 2.18. The zero-order valence-electron chi connectivity index (χ0n) is 10.6. The van der Waals surface area contributed by atoms with Gasteiger partial charge in [0.05, 0.1) is 23.0 Å². The van der Waals surface area contributed by atoms with Crippen LogP contribution in [0.25, 0.3) is 0 Å². The molecule has 0 aliphatic rings. The van der Waals surface area contributed by atoms with Crippen molar-refractivity contribution in [3.05, 3.63) is 47.0 Å². The summed E-state index contributed by atoms with van der Waals surface area (Å²) >= 11 is 6.21. The van der Waals surface area contributed by atoms with Gasteiger partial charge in [-0.2, -0.15) is 5.10 Å². The molecule has 2 rings (SSSR count). The molecule has 0 aromatic carbocycles. The van der Waals surface area contributed by atoms with Gasteiger partial charge in [0, 0.05) is 19.4 Å². The third-order valence-corrected chi connectivity index (χ3v) is 3.20. The lowest BCUT2D eigenvalue weighted by molar-refractivity contribution is 0.508. The Morgan fingerprint density at radius 3 is 2.67 bits per heavy atom. The van der Waals surface area contributed by atoms with Gasteiger partial charge in [-0.05, 0) is 30.7 Å². The van der Waals surface area contributed by atoms with Gasteiger partial charge in [0.15, 0.2) is 0 Å². The predicted molar refractivity (Wildman–Crippen MR) is 72.6 cm³/mol. The number of nitrogens with one attached hydrogen (secondary N) is 1. The van der Waals surface area contributed by atoms with Gasteiger partial charge in [0.2, 0.25) is 0 Å². The molecule has 0 aliphatic carbocycles. The number of aryl methyl sites for hydroxylation is 1. The molecule has 0 amide bonds. The maximum atomic E-state index is 6.21. The van der Waals surface area contributed by atoms with Crippen molar-refractivity contribution in [2.45, 2.75) is 19.4 Å². The molecule has 0 spiro atoms. The molecule has 2 aromatic rings. The van der Waals surface area contributed by atoms with Gasteiger partial charge in [0.25, 0.3) is 0 Å². The van der Waals surface area contributed by atoms with E-state index in [1.807, 2.05) is 36.3 Å². The molecule has 0 bridgehead atoms. The SMILES string of the molecule is CCNC(Cc1ccncc1)c1c(Cl)cnn1C. The van der Waals surface area contributed by atoms with Crippen LogP contribution >= 0.6 is 11.6 Å². The fourth-order valence-electron chi connectivity index (χ4n) is 2.08. The van der Waals surface area contributed by atoms with Gasteiger partial charge >= 0.3 is 0 Å². The molecule has 0 saturated heterocycles. The molecule has 2 aromatic heterocycles. The van der Waals surface area contributed by atoms with Crippen LogP contribution in [0.3, 0.4) is 0 Å². The lowest BCUT2D eigenvalue weighted by atomic mass is 10.0. The monoisotopic (exact) mass is 264 g/mol. The normalized spacial score (nSPS) is 12.6. The number of hydrogen-bond acceptors (Lipinski definition) is 3. The third-order valence-electron chi connectivity index (χ3n) is 2.91. The van der Waals surface area contributed by atoms with E-state index in [1.54, 1.807) is 6.20 Å². The van der Waals surface area contributed by atoms with Gasteiger partial charge in [-0.25, -0.2) is 0 Å². The van der Waals surface area contributed by atoms with Crippen molar-refractivity contribution < 1.29 is 0 Å². The van der Waals surface area contributed by atoms with Crippen LogP contribution in [0.5, 0.6) is 0 Å². The Morgan fingerprint density at radius 1 is 1.39 bits per heavy atom. The second kappa shape index (κ2) is 5.98. The van der Waals surface area contributed by atoms with Gasteiger partial charge in [-0.1, -0.05) is 18.5 Å². The highest BCUT2D eigenvalue weighted by Crippen LogP contribution is 2.24. The summed E-state index contributed by atoms with van der Waals surface area (Å²) in [5.74, 6) is 0. The summed E-state index contributed by atoms with van der Waals surface area (Å²) in [6.07, 6.45) is 6.18. The number of rotatable bonds is 5. The van der Waals surface area contributed by atoms with Crippen molar-refractivity contribution in [3.63, 3.8) is 0 Å². The van der Waals surface area contributed by atoms with Gasteiger partial charge in [-0.15, -0.1) is 0 Å². The molecular weight excluding hydrogens is 248 g/mol. The fraction of sp³-hybridized carbons (Fsp3) is 0.385. The van der Waals surface area contributed by atoms with E-state index in [4.69, 9.17) is 11.6 Å². The number of aromatic nitrogens is 3. The van der Waals surface area contributed by atoms with E-state index in [2.05, 4.69) is 22.3 Å². The van der Waals surface area contributed by atoms with Crippen LogP contribution in [0, 0.1) is 0 Å². The Morgan fingerprint density at radius 2 is 2.11 bits per heavy atom. The average molecular weight is 265 g/mol. The highest BCUT2D eigenvalue weighted by atomic mass is 35.5. The predicted octanol–water partition coefficient (Wildman–Crippen LogP) is 2.36. The molecule has 18 heavy (non-hydrogen) atoms. The summed E-state index contributed by atoms with van der Waals surface area (Å²) in [5.41, 5.74) is 2.25. The zero-order chi connectivity index (χ0) is 13.0. The number of hydrogen-bond donors (Lipinski definition) is 1. The zero-order valence-corrected chi connectivity index (χ0v) is 11.4. The smallest absolute Gasteiger partial charge is 0.0834 e. The molecule has 0 fully saturated rings. The van der Waals surface area contributed by atoms with Crippen molar-refractivity contribution in [3.8, 4) is 0 Å². The minimum Gasteiger partial charge on any atom is -0.309 e. The lowest BCUT2D eigenvalue weighted by Gasteiger charge is -2.18. The van der Waals surface area contributed by atoms with E-state index in [-0.39, 0.29) is 6.04 Å². The van der Waals surface area contributed by atoms with Gasteiger partial charge in [0.1, 0.15) is 0 Å². The quantitative estimate of drug-likeness (QED) is 0.902. The first-order chi connectivity index (χ1) is 8.72. The van der Waals surface area contributed by atoms with Crippen molar-refractivity contribution in [1.82, 2.24) is 20.1 Å². The van der Waals surface area contributed by atoms with E-state index < -0.39 is 0 Å². The van der Waals surface area contributed by atoms with Crippen molar-refractivity contribution in [1.29, 1.82) is 0 Å². The van der Waals surface area contributed by atoms with Crippen molar-refractivity contribution in [2.75, 3.05) is 6.54 Å². The summed E-state index contributed by atoms with van der Waals surface area (Å²) in [6.45, 7) is 2.97. The molecule has 5 heteroatoms. The largest absolute Gasteiger partial charge is 0.309 e. The molecule has 1 N–H and O–H groups in total. The first-order valence-corrected chi connectivity index (χ1v) is 6.39. The Kier molecular flexibility index (Phi) is 4.33. The van der Waals surface area contributed by atoms with Crippen LogP contribution in [0.2, 0.25) is 5.02 Å². The van der Waals surface area contributed by atoms with Crippen LogP contribution in [-0.4, -0.2) is 21.3 Å². The number of nitrogens with zero attached hydrogens (tertiary/aromatic N) is 3. The summed E-state index contributed by atoms with van der Waals surface area (Å²) in [7, 11) is 1.91. The second-order valence-electron chi connectivity index (χ2n) is 4.17. The standard InChI is InChI=1S/C13H17ClN4/c1-3-16-12(8-10-4-6-15-7-5-10)13-11(14)9-17-18(13)2/h4-7,9,12,16H,3,8H2,1-2H3. The third kappa shape index (κ3) is 2.89. The minimum atomic E-state index is 0.164. The lowest BCUT2D eigenvalue weighted by Crippen LogP contribution is -2.25. The molecule has 96 valence electrons. The summed E-state index contributed by atoms with van der Waals surface area (Å²) < 4.78 is 1.83. The Labute approximate surface area is 112 Å². The van der Waals surface area contributed by atoms with Crippen LogP contribution in [0.4, 0.5) is 0 Å². The van der Waals surface area contributed by atoms with Crippen LogP contribution in [-0.2, 0) is 13.5 Å². The Bertz CT molecular complexity index is 475. The van der Waals surface area contributed by atoms with Crippen LogP contribution < -0.4 is 5.32 Å². The topological polar surface area (TPSA) is 42.7 Å². The van der Waals surface area contributed by atoms with Crippen LogP contribution in [0.15, 0.2) is 30.7 Å². The van der Waals surface area contributed by atoms with E-state index in [0.29, 0.717) is 5.02 Å². The average Bonchev–Trinajstić information content (AvgIpc) is 2.70. The van der Waals surface area contributed by atoms with E-state index in [9.17, 15) is 0 Å². The summed E-state index contributed by atoms with van der Waals surface area (Å²) in [5, 5.41) is 8.35. The van der Waals surface area contributed by atoms with Crippen LogP contribution in [0.1, 0.15) is 24.2 Å².